The second kappa shape index (κ2) is 76.1. The quantitative estimate of drug-likeness (QED) is 0.0320. The predicted molar refractivity (Wildman–Crippen MR) is 380 cm³/mol. The fourth-order valence-electron chi connectivity index (χ4n) is 13.0. The molecule has 0 aliphatic heterocycles. The molecular formula is C80H157NO5. The molecule has 6 nitrogen and oxygen atoms in total. The first kappa shape index (κ1) is 84.6. The summed E-state index contributed by atoms with van der Waals surface area (Å²) in [5.41, 5.74) is 0. The van der Waals surface area contributed by atoms with Crippen LogP contribution in [0.5, 0.6) is 0 Å². The molecule has 0 aliphatic rings. The molecule has 0 rings (SSSR count). The minimum Gasteiger partial charge on any atom is -0.466 e. The SMILES string of the molecule is CCCCCCCCC/C=C\CCCCCCCC(=O)OCCCCCCCCCCCCCCCCCCCCCCCCCCCCCCCCCCCC(=O)NC(CO)C(O)CCCCCCCCCCCCCCCCCCCCCC. The first-order valence-electron chi connectivity index (χ1n) is 39.9. The zero-order valence-corrected chi connectivity index (χ0v) is 58.8. The molecule has 0 saturated carbocycles. The molecule has 0 aliphatic carbocycles. The molecular weight excluding hydrogens is 1050 g/mol. The van der Waals surface area contributed by atoms with Gasteiger partial charge in [-0.15, -0.1) is 0 Å². The van der Waals surface area contributed by atoms with E-state index in [1.54, 1.807) is 0 Å². The number of carbonyl (C=O) groups excluding carboxylic acids is 2. The van der Waals surface area contributed by atoms with Crippen LogP contribution in [0.15, 0.2) is 12.2 Å². The fraction of sp³-hybridized carbons (Fsp3) is 0.950. The number of hydrogen-bond acceptors (Lipinski definition) is 5. The lowest BCUT2D eigenvalue weighted by Crippen LogP contribution is -2.45. The van der Waals surface area contributed by atoms with E-state index < -0.39 is 12.1 Å². The van der Waals surface area contributed by atoms with E-state index in [0.717, 1.165) is 44.9 Å². The molecule has 3 N–H and O–H groups in total. The average molecular weight is 1210 g/mol. The Morgan fingerprint density at radius 1 is 0.314 bits per heavy atom. The summed E-state index contributed by atoms with van der Waals surface area (Å²) < 4.78 is 5.50. The molecule has 0 radical (unpaired) electrons. The van der Waals surface area contributed by atoms with Crippen molar-refractivity contribution in [2.24, 2.45) is 0 Å². The maximum absolute atomic E-state index is 12.6. The molecule has 0 aromatic rings. The monoisotopic (exact) mass is 1210 g/mol. The van der Waals surface area contributed by atoms with Gasteiger partial charge in [0.2, 0.25) is 5.91 Å². The van der Waals surface area contributed by atoms with Crippen LogP contribution in [0.25, 0.3) is 0 Å². The van der Waals surface area contributed by atoms with E-state index >= 15 is 0 Å². The largest absolute Gasteiger partial charge is 0.466 e. The Bertz CT molecular complexity index is 1300. The van der Waals surface area contributed by atoms with Crippen molar-refractivity contribution in [2.45, 2.75) is 475 Å². The van der Waals surface area contributed by atoms with Crippen LogP contribution in [0.2, 0.25) is 0 Å². The first-order chi connectivity index (χ1) is 42.5. The zero-order valence-electron chi connectivity index (χ0n) is 58.8. The zero-order chi connectivity index (χ0) is 62.0. The number of unbranched alkanes of at least 4 members (excludes halogenated alkanes) is 63. The van der Waals surface area contributed by atoms with Gasteiger partial charge < -0.3 is 20.3 Å². The molecule has 0 aromatic carbocycles. The van der Waals surface area contributed by atoms with Crippen molar-refractivity contribution in [2.75, 3.05) is 13.2 Å². The highest BCUT2D eigenvalue weighted by Gasteiger charge is 2.20. The Kier molecular flexibility index (Phi) is 74.8. The summed E-state index contributed by atoms with van der Waals surface area (Å²) in [6.45, 7) is 5.00. The van der Waals surface area contributed by atoms with E-state index in [2.05, 4.69) is 31.3 Å². The summed E-state index contributed by atoms with van der Waals surface area (Å²) in [6.07, 6.45) is 95.9. The van der Waals surface area contributed by atoms with Gasteiger partial charge >= 0.3 is 5.97 Å². The summed E-state index contributed by atoms with van der Waals surface area (Å²) in [4.78, 5) is 24.7. The highest BCUT2D eigenvalue weighted by atomic mass is 16.5. The van der Waals surface area contributed by atoms with Gasteiger partial charge in [-0.1, -0.05) is 411 Å². The lowest BCUT2D eigenvalue weighted by atomic mass is 10.0. The number of ether oxygens (including phenoxy) is 1. The van der Waals surface area contributed by atoms with Crippen LogP contribution in [-0.4, -0.2) is 47.4 Å². The number of allylic oxidation sites excluding steroid dienone is 2. The summed E-state index contributed by atoms with van der Waals surface area (Å²) >= 11 is 0. The Morgan fingerprint density at radius 2 is 0.547 bits per heavy atom. The smallest absolute Gasteiger partial charge is 0.305 e. The van der Waals surface area contributed by atoms with E-state index in [9.17, 15) is 19.8 Å². The number of amides is 1. The van der Waals surface area contributed by atoms with E-state index in [1.165, 1.54) is 385 Å². The first-order valence-corrected chi connectivity index (χ1v) is 39.9. The van der Waals surface area contributed by atoms with Crippen molar-refractivity contribution in [3.63, 3.8) is 0 Å². The molecule has 512 valence electrons. The maximum Gasteiger partial charge on any atom is 0.305 e. The lowest BCUT2D eigenvalue weighted by molar-refractivity contribution is -0.143. The summed E-state index contributed by atoms with van der Waals surface area (Å²) in [7, 11) is 0. The van der Waals surface area contributed by atoms with Crippen molar-refractivity contribution in [1.82, 2.24) is 5.32 Å². The predicted octanol–water partition coefficient (Wildman–Crippen LogP) is 26.3. The van der Waals surface area contributed by atoms with Crippen LogP contribution in [0.1, 0.15) is 463 Å². The van der Waals surface area contributed by atoms with Gasteiger partial charge in [-0.05, 0) is 51.4 Å². The van der Waals surface area contributed by atoms with Crippen molar-refractivity contribution >= 4 is 11.9 Å². The third-order valence-corrected chi connectivity index (χ3v) is 19.1. The number of rotatable bonds is 76. The Morgan fingerprint density at radius 3 is 0.826 bits per heavy atom. The third-order valence-electron chi connectivity index (χ3n) is 19.1. The van der Waals surface area contributed by atoms with Gasteiger partial charge in [-0.2, -0.15) is 0 Å². The molecule has 0 fully saturated rings. The van der Waals surface area contributed by atoms with Gasteiger partial charge in [-0.25, -0.2) is 0 Å². The number of hydrogen-bond donors (Lipinski definition) is 3. The van der Waals surface area contributed by atoms with Gasteiger partial charge in [-0.3, -0.25) is 9.59 Å². The fourth-order valence-corrected chi connectivity index (χ4v) is 13.0. The molecule has 2 atom stereocenters. The Hall–Kier alpha value is -1.40. The molecule has 0 saturated heterocycles. The second-order valence-electron chi connectivity index (χ2n) is 27.8. The van der Waals surface area contributed by atoms with Crippen LogP contribution >= 0.6 is 0 Å². The molecule has 86 heavy (non-hydrogen) atoms. The van der Waals surface area contributed by atoms with E-state index in [-0.39, 0.29) is 18.5 Å². The third kappa shape index (κ3) is 71.7. The van der Waals surface area contributed by atoms with Crippen LogP contribution in [0, 0.1) is 0 Å². The van der Waals surface area contributed by atoms with Gasteiger partial charge in [0.05, 0.1) is 25.4 Å². The number of carbonyl (C=O) groups is 2. The van der Waals surface area contributed by atoms with Crippen molar-refractivity contribution in [3.8, 4) is 0 Å². The van der Waals surface area contributed by atoms with Crippen LogP contribution in [-0.2, 0) is 14.3 Å². The average Bonchev–Trinajstić information content (AvgIpc) is 3.54. The summed E-state index contributed by atoms with van der Waals surface area (Å²) in [5, 5.41) is 23.4. The van der Waals surface area contributed by atoms with Crippen LogP contribution < -0.4 is 5.32 Å². The van der Waals surface area contributed by atoms with Crippen molar-refractivity contribution in [3.05, 3.63) is 12.2 Å². The molecule has 0 bridgehead atoms. The normalized spacial score (nSPS) is 12.5. The van der Waals surface area contributed by atoms with Gasteiger partial charge in [0, 0.05) is 12.8 Å². The van der Waals surface area contributed by atoms with E-state index in [1.807, 2.05) is 0 Å². The number of nitrogens with one attached hydrogen (secondary N) is 1. The standard InChI is InChI=1S/C80H157NO5/c1-3-5-7-9-11-13-15-17-19-21-22-38-41-44-48-52-56-60-64-68-72-78(83)77(76-82)81-79(84)73-69-65-61-57-53-49-45-42-39-36-34-32-30-28-26-24-23-25-27-29-31-33-35-37-40-43-47-51-55-59-63-67-71-75-86-80(85)74-70-66-62-58-54-50-46-20-18-16-14-12-10-8-6-4-2/h20,46,77-78,82-83H,3-19,21-45,47-76H2,1-2H3,(H,81,84)/b46-20-. The van der Waals surface area contributed by atoms with Crippen LogP contribution in [0.3, 0.4) is 0 Å². The number of aliphatic hydroxyl groups is 2. The molecule has 0 spiro atoms. The highest BCUT2D eigenvalue weighted by Crippen LogP contribution is 2.20. The number of aliphatic hydroxyl groups excluding tert-OH is 2. The minimum absolute atomic E-state index is 0.0156. The molecule has 0 aromatic heterocycles. The Labute approximate surface area is 539 Å². The molecule has 1 amide bonds. The van der Waals surface area contributed by atoms with Gasteiger partial charge in [0.15, 0.2) is 0 Å². The van der Waals surface area contributed by atoms with E-state index in [4.69, 9.17) is 4.74 Å². The van der Waals surface area contributed by atoms with Crippen molar-refractivity contribution < 1.29 is 24.5 Å². The highest BCUT2D eigenvalue weighted by molar-refractivity contribution is 5.76. The molecule has 6 heteroatoms. The van der Waals surface area contributed by atoms with E-state index in [0.29, 0.717) is 25.9 Å². The maximum atomic E-state index is 12.6. The second-order valence-corrected chi connectivity index (χ2v) is 27.8. The lowest BCUT2D eigenvalue weighted by Gasteiger charge is -2.22. The van der Waals surface area contributed by atoms with Crippen LogP contribution in [0.4, 0.5) is 0 Å². The van der Waals surface area contributed by atoms with Gasteiger partial charge in [0.1, 0.15) is 0 Å². The molecule has 0 heterocycles. The number of esters is 1. The summed E-state index contributed by atoms with van der Waals surface area (Å²) in [6, 6.07) is -0.538. The van der Waals surface area contributed by atoms with Gasteiger partial charge in [0.25, 0.3) is 0 Å². The topological polar surface area (TPSA) is 95.9 Å². The molecule has 2 unspecified atom stereocenters. The van der Waals surface area contributed by atoms with Crippen molar-refractivity contribution in [1.29, 1.82) is 0 Å². The Balaban J connectivity index is 3.31. The summed E-state index contributed by atoms with van der Waals surface area (Å²) in [5.74, 6) is -0.00912. The minimum atomic E-state index is -0.661.